The second-order valence-corrected chi connectivity index (χ2v) is 2.89. The van der Waals surface area contributed by atoms with Gasteiger partial charge in [-0.3, -0.25) is 0 Å². The first-order valence-electron chi connectivity index (χ1n) is 4.35. The van der Waals surface area contributed by atoms with Crippen LogP contribution in [0.5, 0.6) is 0 Å². The highest BCUT2D eigenvalue weighted by Crippen LogP contribution is 2.13. The minimum Gasteiger partial charge on any atom is -0.463 e. The van der Waals surface area contributed by atoms with Gasteiger partial charge in [0.1, 0.15) is 0 Å². The standard InChI is InChI=1S/C9H15NO2/c1-3-12-9(11)7(2)8-5-4-6-10-8/h8,10H,2-6H2,1H3/t8-/m0/s1. The third kappa shape index (κ3) is 2.08. The number of hydrogen-bond donors (Lipinski definition) is 1. The van der Waals surface area contributed by atoms with E-state index >= 15 is 0 Å². The Labute approximate surface area is 72.8 Å². The maximum absolute atomic E-state index is 11.2. The Hall–Kier alpha value is -0.830. The average molecular weight is 169 g/mol. The predicted octanol–water partition coefficient (Wildman–Crippen LogP) is 0.858. The van der Waals surface area contributed by atoms with Gasteiger partial charge in [-0.2, -0.15) is 0 Å². The number of rotatable bonds is 3. The number of ether oxygens (including phenoxy) is 1. The van der Waals surface area contributed by atoms with E-state index in [1.165, 1.54) is 0 Å². The number of nitrogens with one attached hydrogen (secondary N) is 1. The molecule has 3 nitrogen and oxygen atoms in total. The van der Waals surface area contributed by atoms with E-state index in [9.17, 15) is 4.79 Å². The molecule has 12 heavy (non-hydrogen) atoms. The Kier molecular flexibility index (Phi) is 3.29. The summed E-state index contributed by atoms with van der Waals surface area (Å²) in [5, 5.41) is 3.20. The van der Waals surface area contributed by atoms with Gasteiger partial charge in [-0.1, -0.05) is 6.58 Å². The van der Waals surface area contributed by atoms with E-state index in [2.05, 4.69) is 11.9 Å². The highest BCUT2D eigenvalue weighted by molar-refractivity contribution is 5.89. The van der Waals surface area contributed by atoms with E-state index in [1.54, 1.807) is 6.92 Å². The third-order valence-corrected chi connectivity index (χ3v) is 2.02. The van der Waals surface area contributed by atoms with Crippen LogP contribution in [-0.4, -0.2) is 25.2 Å². The van der Waals surface area contributed by atoms with Crippen molar-refractivity contribution in [2.75, 3.05) is 13.2 Å². The number of carbonyl (C=O) groups excluding carboxylic acids is 1. The fraction of sp³-hybridized carbons (Fsp3) is 0.667. The topological polar surface area (TPSA) is 38.3 Å². The van der Waals surface area contributed by atoms with Gasteiger partial charge in [-0.25, -0.2) is 4.79 Å². The fourth-order valence-corrected chi connectivity index (χ4v) is 1.35. The second kappa shape index (κ2) is 4.26. The van der Waals surface area contributed by atoms with Gasteiger partial charge in [0.2, 0.25) is 0 Å². The van der Waals surface area contributed by atoms with E-state index in [1.807, 2.05) is 0 Å². The average Bonchev–Trinajstić information content (AvgIpc) is 2.55. The maximum Gasteiger partial charge on any atom is 0.334 e. The molecule has 0 aromatic heterocycles. The summed E-state index contributed by atoms with van der Waals surface area (Å²) in [7, 11) is 0. The zero-order valence-electron chi connectivity index (χ0n) is 7.43. The molecule has 1 aliphatic rings. The second-order valence-electron chi connectivity index (χ2n) is 2.89. The maximum atomic E-state index is 11.2. The molecular formula is C9H15NO2. The molecule has 68 valence electrons. The van der Waals surface area contributed by atoms with Crippen LogP contribution in [0.1, 0.15) is 19.8 Å². The van der Waals surface area contributed by atoms with Crippen LogP contribution in [0.3, 0.4) is 0 Å². The van der Waals surface area contributed by atoms with Crippen LogP contribution in [0.2, 0.25) is 0 Å². The lowest BCUT2D eigenvalue weighted by Crippen LogP contribution is -2.28. The van der Waals surface area contributed by atoms with Gasteiger partial charge in [0.25, 0.3) is 0 Å². The van der Waals surface area contributed by atoms with E-state index in [-0.39, 0.29) is 12.0 Å². The van der Waals surface area contributed by atoms with Crippen molar-refractivity contribution in [1.82, 2.24) is 5.32 Å². The molecule has 1 rings (SSSR count). The van der Waals surface area contributed by atoms with Crippen LogP contribution in [0.15, 0.2) is 12.2 Å². The minimum absolute atomic E-state index is 0.143. The summed E-state index contributed by atoms with van der Waals surface area (Å²) in [5.41, 5.74) is 0.564. The first-order chi connectivity index (χ1) is 5.75. The molecule has 1 saturated heterocycles. The van der Waals surface area contributed by atoms with Gasteiger partial charge in [0.05, 0.1) is 6.61 Å². The monoisotopic (exact) mass is 169 g/mol. The van der Waals surface area contributed by atoms with Gasteiger partial charge in [-0.05, 0) is 26.3 Å². The van der Waals surface area contributed by atoms with Crippen molar-refractivity contribution < 1.29 is 9.53 Å². The Morgan fingerprint density at radius 1 is 1.75 bits per heavy atom. The van der Waals surface area contributed by atoms with Crippen molar-refractivity contribution in [1.29, 1.82) is 0 Å². The summed E-state index contributed by atoms with van der Waals surface area (Å²) in [6, 6.07) is 0.143. The van der Waals surface area contributed by atoms with Crippen molar-refractivity contribution in [3.63, 3.8) is 0 Å². The number of esters is 1. The lowest BCUT2D eigenvalue weighted by molar-refractivity contribution is -0.138. The SMILES string of the molecule is C=C(C(=O)OCC)[C@@H]1CCCN1. The summed E-state index contributed by atoms with van der Waals surface area (Å²) in [5.74, 6) is -0.267. The summed E-state index contributed by atoms with van der Waals surface area (Å²) >= 11 is 0. The van der Waals surface area contributed by atoms with Crippen LogP contribution in [0.4, 0.5) is 0 Å². The lowest BCUT2D eigenvalue weighted by Gasteiger charge is -2.11. The van der Waals surface area contributed by atoms with Crippen molar-refractivity contribution >= 4 is 5.97 Å². The molecule has 0 aromatic rings. The highest BCUT2D eigenvalue weighted by Gasteiger charge is 2.22. The molecule has 1 N–H and O–H groups in total. The predicted molar refractivity (Wildman–Crippen MR) is 46.8 cm³/mol. The van der Waals surface area contributed by atoms with Gasteiger partial charge in [0.15, 0.2) is 0 Å². The zero-order chi connectivity index (χ0) is 8.97. The van der Waals surface area contributed by atoms with E-state index in [0.717, 1.165) is 19.4 Å². The first-order valence-corrected chi connectivity index (χ1v) is 4.35. The van der Waals surface area contributed by atoms with Gasteiger partial charge < -0.3 is 10.1 Å². The van der Waals surface area contributed by atoms with Crippen molar-refractivity contribution in [2.24, 2.45) is 0 Å². The minimum atomic E-state index is -0.267. The smallest absolute Gasteiger partial charge is 0.334 e. The largest absolute Gasteiger partial charge is 0.463 e. The molecule has 3 heteroatoms. The van der Waals surface area contributed by atoms with Gasteiger partial charge >= 0.3 is 5.97 Å². The molecule has 1 heterocycles. The van der Waals surface area contributed by atoms with Crippen LogP contribution < -0.4 is 5.32 Å². The van der Waals surface area contributed by atoms with Crippen LogP contribution in [-0.2, 0) is 9.53 Å². The van der Waals surface area contributed by atoms with E-state index < -0.39 is 0 Å². The summed E-state index contributed by atoms with van der Waals surface area (Å²) in [6.45, 7) is 6.91. The molecule has 0 aliphatic carbocycles. The highest BCUT2D eigenvalue weighted by atomic mass is 16.5. The van der Waals surface area contributed by atoms with Crippen LogP contribution in [0.25, 0.3) is 0 Å². The van der Waals surface area contributed by atoms with E-state index in [4.69, 9.17) is 4.74 Å². The quantitative estimate of drug-likeness (QED) is 0.503. The van der Waals surface area contributed by atoms with Gasteiger partial charge in [0, 0.05) is 11.6 Å². The summed E-state index contributed by atoms with van der Waals surface area (Å²) < 4.78 is 4.84. The van der Waals surface area contributed by atoms with Gasteiger partial charge in [-0.15, -0.1) is 0 Å². The van der Waals surface area contributed by atoms with Crippen molar-refractivity contribution in [3.8, 4) is 0 Å². The lowest BCUT2D eigenvalue weighted by atomic mass is 10.1. The Balaban J connectivity index is 2.40. The number of carbonyl (C=O) groups is 1. The fourth-order valence-electron chi connectivity index (χ4n) is 1.35. The Morgan fingerprint density at radius 3 is 3.00 bits per heavy atom. The number of hydrogen-bond acceptors (Lipinski definition) is 3. The molecule has 1 aliphatic heterocycles. The Morgan fingerprint density at radius 2 is 2.50 bits per heavy atom. The molecule has 0 bridgehead atoms. The molecule has 0 radical (unpaired) electrons. The molecule has 0 aromatic carbocycles. The molecular weight excluding hydrogens is 154 g/mol. The Bertz CT molecular complexity index is 183. The molecule has 0 spiro atoms. The van der Waals surface area contributed by atoms with Crippen molar-refractivity contribution in [3.05, 3.63) is 12.2 Å². The van der Waals surface area contributed by atoms with E-state index in [0.29, 0.717) is 12.2 Å². The molecule has 1 fully saturated rings. The van der Waals surface area contributed by atoms with Crippen molar-refractivity contribution in [2.45, 2.75) is 25.8 Å². The third-order valence-electron chi connectivity index (χ3n) is 2.02. The zero-order valence-corrected chi connectivity index (χ0v) is 7.43. The molecule has 0 amide bonds. The molecule has 1 atom stereocenters. The first kappa shape index (κ1) is 9.26. The summed E-state index contributed by atoms with van der Waals surface area (Å²) in [4.78, 5) is 11.2. The summed E-state index contributed by atoms with van der Waals surface area (Å²) in [6.07, 6.45) is 2.11. The normalized spacial score (nSPS) is 22.2. The van der Waals surface area contributed by atoms with Crippen LogP contribution in [0, 0.1) is 0 Å². The molecule has 0 saturated carbocycles. The van der Waals surface area contributed by atoms with Crippen LogP contribution >= 0.6 is 0 Å². The molecule has 0 unspecified atom stereocenters.